The molecular weight excluding hydrogens is 245 g/mol. The highest BCUT2D eigenvalue weighted by molar-refractivity contribution is 5.07. The third kappa shape index (κ3) is 3.74. The van der Waals surface area contributed by atoms with Crippen LogP contribution in [0.5, 0.6) is 0 Å². The second-order valence-corrected chi connectivity index (χ2v) is 4.27. The van der Waals surface area contributed by atoms with Crippen LogP contribution < -0.4 is 5.32 Å². The molecule has 100 valence electrons. The van der Waals surface area contributed by atoms with Crippen LogP contribution in [0.25, 0.3) is 0 Å². The lowest BCUT2D eigenvalue weighted by atomic mass is 10.1. The molecule has 7 heteroatoms. The fourth-order valence-corrected chi connectivity index (χ4v) is 1.46. The van der Waals surface area contributed by atoms with E-state index in [2.05, 4.69) is 16.5 Å². The molecule has 18 heavy (non-hydrogen) atoms. The molecule has 1 N–H and O–H groups in total. The van der Waals surface area contributed by atoms with E-state index in [0.29, 0.717) is 6.54 Å². The lowest BCUT2D eigenvalue weighted by Crippen LogP contribution is -2.45. The van der Waals surface area contributed by atoms with Gasteiger partial charge in [0.1, 0.15) is 5.54 Å². The molecule has 1 unspecified atom stereocenters. The van der Waals surface area contributed by atoms with Crippen LogP contribution in [0.1, 0.15) is 26.0 Å². The van der Waals surface area contributed by atoms with Gasteiger partial charge in [-0.3, -0.25) is 10.00 Å². The Kier molecular flexibility index (Phi) is 4.35. The van der Waals surface area contributed by atoms with E-state index in [1.54, 1.807) is 6.92 Å². The highest BCUT2D eigenvalue weighted by atomic mass is 19.4. The normalized spacial score (nSPS) is 15.1. The second-order valence-electron chi connectivity index (χ2n) is 4.27. The highest BCUT2D eigenvalue weighted by Gasteiger charge is 2.34. The van der Waals surface area contributed by atoms with Gasteiger partial charge < -0.3 is 0 Å². The largest absolute Gasteiger partial charge is 0.435 e. The highest BCUT2D eigenvalue weighted by Crippen LogP contribution is 2.27. The first kappa shape index (κ1) is 14.5. The molecule has 4 nitrogen and oxygen atoms in total. The number of alkyl halides is 3. The minimum atomic E-state index is -4.45. The van der Waals surface area contributed by atoms with E-state index in [4.69, 9.17) is 5.26 Å². The van der Waals surface area contributed by atoms with Gasteiger partial charge in [0.2, 0.25) is 0 Å². The molecular formula is C11H15F3N4. The van der Waals surface area contributed by atoms with E-state index in [0.717, 1.165) is 17.2 Å². The summed E-state index contributed by atoms with van der Waals surface area (Å²) in [4.78, 5) is 0. The molecule has 1 atom stereocenters. The fraction of sp³-hybridized carbons (Fsp3) is 0.636. The third-order valence-corrected chi connectivity index (χ3v) is 2.42. The topological polar surface area (TPSA) is 53.6 Å². The molecule has 0 saturated heterocycles. The molecule has 1 rings (SSSR count). The van der Waals surface area contributed by atoms with Crippen molar-refractivity contribution in [3.8, 4) is 6.07 Å². The summed E-state index contributed by atoms with van der Waals surface area (Å²) >= 11 is 0. The lowest BCUT2D eigenvalue weighted by molar-refractivity contribution is -0.141. The van der Waals surface area contributed by atoms with Crippen LogP contribution >= 0.6 is 0 Å². The van der Waals surface area contributed by atoms with Crippen LogP contribution in [-0.2, 0) is 12.7 Å². The molecule has 1 heterocycles. The molecule has 0 aliphatic rings. The van der Waals surface area contributed by atoms with Gasteiger partial charge in [-0.15, -0.1) is 0 Å². The number of rotatable bonds is 5. The minimum absolute atomic E-state index is 0.0690. The summed E-state index contributed by atoms with van der Waals surface area (Å²) in [5.74, 6) is 0. The first-order valence-electron chi connectivity index (χ1n) is 5.57. The molecule has 0 aliphatic heterocycles. The van der Waals surface area contributed by atoms with Crippen molar-refractivity contribution in [1.82, 2.24) is 15.1 Å². The molecule has 1 aromatic rings. The van der Waals surface area contributed by atoms with Crippen LogP contribution in [0.2, 0.25) is 0 Å². The van der Waals surface area contributed by atoms with E-state index in [1.165, 1.54) is 6.20 Å². The molecule has 0 aromatic carbocycles. The van der Waals surface area contributed by atoms with Gasteiger partial charge in [0.05, 0.1) is 12.6 Å². The van der Waals surface area contributed by atoms with Crippen LogP contribution in [-0.4, -0.2) is 21.9 Å². The Morgan fingerprint density at radius 2 is 2.17 bits per heavy atom. The van der Waals surface area contributed by atoms with E-state index >= 15 is 0 Å². The molecule has 0 fully saturated rings. The Balaban J connectivity index is 2.77. The number of hydrogen-bond acceptors (Lipinski definition) is 3. The summed E-state index contributed by atoms with van der Waals surface area (Å²) in [6.07, 6.45) is -2.39. The van der Waals surface area contributed by atoms with E-state index < -0.39 is 17.4 Å². The van der Waals surface area contributed by atoms with Gasteiger partial charge in [-0.1, -0.05) is 6.92 Å². The van der Waals surface area contributed by atoms with Gasteiger partial charge in [-0.05, 0) is 26.0 Å². The van der Waals surface area contributed by atoms with Gasteiger partial charge in [-0.25, -0.2) is 0 Å². The summed E-state index contributed by atoms with van der Waals surface area (Å²) in [6.45, 7) is 4.27. The second kappa shape index (κ2) is 5.40. The Bertz CT molecular complexity index is 432. The van der Waals surface area contributed by atoms with Crippen LogP contribution in [0.15, 0.2) is 12.3 Å². The minimum Gasteiger partial charge on any atom is -0.298 e. The SMILES string of the molecule is CCCNC(C)(C#N)Cn1ccc(C(F)(F)F)n1. The average molecular weight is 260 g/mol. The summed E-state index contributed by atoms with van der Waals surface area (Å²) < 4.78 is 38.2. The quantitative estimate of drug-likeness (QED) is 0.882. The van der Waals surface area contributed by atoms with E-state index in [9.17, 15) is 13.2 Å². The van der Waals surface area contributed by atoms with Crippen molar-refractivity contribution in [2.24, 2.45) is 0 Å². The molecule has 0 amide bonds. The lowest BCUT2D eigenvalue weighted by Gasteiger charge is -2.22. The number of aromatic nitrogens is 2. The maximum absolute atomic E-state index is 12.4. The van der Waals surface area contributed by atoms with Gasteiger partial charge in [0.15, 0.2) is 5.69 Å². The van der Waals surface area contributed by atoms with Gasteiger partial charge in [-0.2, -0.15) is 23.5 Å². The zero-order valence-electron chi connectivity index (χ0n) is 10.3. The smallest absolute Gasteiger partial charge is 0.298 e. The molecule has 0 saturated carbocycles. The predicted octanol–water partition coefficient (Wildman–Crippen LogP) is 2.18. The number of halogens is 3. The van der Waals surface area contributed by atoms with Crippen molar-refractivity contribution < 1.29 is 13.2 Å². The molecule has 0 spiro atoms. The van der Waals surface area contributed by atoms with Crippen LogP contribution in [0.4, 0.5) is 13.2 Å². The van der Waals surface area contributed by atoms with Crippen molar-refractivity contribution >= 4 is 0 Å². The number of hydrogen-bond donors (Lipinski definition) is 1. The standard InChI is InChI=1S/C11H15F3N4/c1-3-5-16-10(2,7-15)8-18-6-4-9(17-18)11(12,13)14/h4,6,16H,3,5,8H2,1-2H3. The first-order valence-corrected chi connectivity index (χ1v) is 5.57. The molecule has 0 aliphatic carbocycles. The van der Waals surface area contributed by atoms with Gasteiger partial charge in [0.25, 0.3) is 0 Å². The average Bonchev–Trinajstić information content (AvgIpc) is 2.74. The monoisotopic (exact) mass is 260 g/mol. The molecule has 0 radical (unpaired) electrons. The van der Waals surface area contributed by atoms with Crippen LogP contribution in [0.3, 0.4) is 0 Å². The Morgan fingerprint density at radius 3 is 2.61 bits per heavy atom. The van der Waals surface area contributed by atoms with E-state index in [1.807, 2.05) is 6.92 Å². The van der Waals surface area contributed by atoms with E-state index in [-0.39, 0.29) is 6.54 Å². The Hall–Kier alpha value is -1.55. The molecule has 1 aromatic heterocycles. The Labute approximate surface area is 103 Å². The summed E-state index contributed by atoms with van der Waals surface area (Å²) in [5, 5.41) is 15.5. The summed E-state index contributed by atoms with van der Waals surface area (Å²) in [7, 11) is 0. The zero-order chi connectivity index (χ0) is 13.8. The number of nitrogens with one attached hydrogen (secondary N) is 1. The van der Waals surface area contributed by atoms with Crippen molar-refractivity contribution in [1.29, 1.82) is 5.26 Å². The van der Waals surface area contributed by atoms with Crippen molar-refractivity contribution in [2.75, 3.05) is 6.54 Å². The maximum atomic E-state index is 12.4. The number of nitrogens with zero attached hydrogens (tertiary/aromatic N) is 3. The zero-order valence-corrected chi connectivity index (χ0v) is 10.3. The van der Waals surface area contributed by atoms with Crippen molar-refractivity contribution in [2.45, 2.75) is 38.5 Å². The summed E-state index contributed by atoms with van der Waals surface area (Å²) in [5.41, 5.74) is -1.87. The molecule has 0 bridgehead atoms. The van der Waals surface area contributed by atoms with Gasteiger partial charge >= 0.3 is 6.18 Å². The third-order valence-electron chi connectivity index (χ3n) is 2.42. The summed E-state index contributed by atoms with van der Waals surface area (Å²) in [6, 6.07) is 2.96. The Morgan fingerprint density at radius 1 is 1.50 bits per heavy atom. The fourth-order valence-electron chi connectivity index (χ4n) is 1.46. The van der Waals surface area contributed by atoms with Crippen molar-refractivity contribution in [3.05, 3.63) is 18.0 Å². The predicted molar refractivity (Wildman–Crippen MR) is 59.5 cm³/mol. The maximum Gasteiger partial charge on any atom is 0.435 e. The first-order chi connectivity index (χ1) is 8.30. The van der Waals surface area contributed by atoms with Crippen molar-refractivity contribution in [3.63, 3.8) is 0 Å². The number of nitriles is 1. The van der Waals surface area contributed by atoms with Gasteiger partial charge in [0, 0.05) is 6.20 Å². The van der Waals surface area contributed by atoms with Crippen LogP contribution in [0, 0.1) is 11.3 Å².